The van der Waals surface area contributed by atoms with Crippen LogP contribution in [0.5, 0.6) is 0 Å². The van der Waals surface area contributed by atoms with E-state index in [0.717, 1.165) is 50.0 Å². The van der Waals surface area contributed by atoms with Gasteiger partial charge in [-0.3, -0.25) is 20.4 Å². The van der Waals surface area contributed by atoms with Crippen molar-refractivity contribution in [2.24, 2.45) is 11.7 Å². The third kappa shape index (κ3) is 7.55. The second kappa shape index (κ2) is 13.3. The summed E-state index contributed by atoms with van der Waals surface area (Å²) >= 11 is 3.80. The first-order valence-electron chi connectivity index (χ1n) is 11.8. The fraction of sp³-hybridized carbons (Fsp3) is 0.800. The lowest BCUT2D eigenvalue weighted by atomic mass is 10.0. The molecule has 0 aromatic carbocycles. The van der Waals surface area contributed by atoms with Crippen LogP contribution in [0.3, 0.4) is 0 Å². The normalized spacial score (nSPS) is 30.6. The SMILES string of the molecule is NNC(=O)CCCCC1SC[C@@H]2NC(=O)N[C@H]12.NNC(=O)CCCC[C@@H]1SC[C@@H]2NC(=O)N[C@@H]21. The number of carbonyl (C=O) groups is 4. The van der Waals surface area contributed by atoms with Crippen LogP contribution < -0.4 is 43.8 Å². The summed E-state index contributed by atoms with van der Waals surface area (Å²) < 4.78 is 0. The number of fused-ring (bicyclic) bond motifs is 2. The van der Waals surface area contributed by atoms with Crippen LogP contribution in [0, 0.1) is 0 Å². The molecule has 4 fully saturated rings. The third-order valence-corrected chi connectivity index (χ3v) is 9.50. The first-order valence-corrected chi connectivity index (χ1v) is 13.9. The molecule has 0 aromatic rings. The quantitative estimate of drug-likeness (QED) is 0.0620. The van der Waals surface area contributed by atoms with E-state index in [9.17, 15) is 19.2 Å². The summed E-state index contributed by atoms with van der Waals surface area (Å²) in [5.74, 6) is 11.7. The Morgan fingerprint density at radius 1 is 0.735 bits per heavy atom. The van der Waals surface area contributed by atoms with Crippen LogP contribution in [-0.2, 0) is 9.59 Å². The Morgan fingerprint density at radius 3 is 1.53 bits per heavy atom. The number of thioether (sulfide) groups is 2. The van der Waals surface area contributed by atoms with Crippen LogP contribution in [-0.4, -0.2) is 70.0 Å². The molecule has 0 spiro atoms. The van der Waals surface area contributed by atoms with Crippen LogP contribution >= 0.6 is 23.5 Å². The van der Waals surface area contributed by atoms with Gasteiger partial charge in [-0.05, 0) is 25.7 Å². The minimum Gasteiger partial charge on any atom is -0.332 e. The van der Waals surface area contributed by atoms with Gasteiger partial charge in [-0.1, -0.05) is 12.8 Å². The molecule has 0 bridgehead atoms. The molecule has 0 aliphatic carbocycles. The van der Waals surface area contributed by atoms with E-state index >= 15 is 0 Å². The summed E-state index contributed by atoms with van der Waals surface area (Å²) in [5, 5.41) is 12.7. The summed E-state index contributed by atoms with van der Waals surface area (Å²) in [5.41, 5.74) is 4.25. The molecule has 10 N–H and O–H groups in total. The fourth-order valence-electron chi connectivity index (χ4n) is 4.69. The molecule has 4 aliphatic rings. The van der Waals surface area contributed by atoms with E-state index < -0.39 is 0 Å². The predicted molar refractivity (Wildman–Crippen MR) is 133 cm³/mol. The first-order chi connectivity index (χ1) is 16.4. The second-order valence-corrected chi connectivity index (χ2v) is 11.4. The van der Waals surface area contributed by atoms with Crippen molar-refractivity contribution in [3.05, 3.63) is 0 Å². The Bertz CT molecular complexity index is 685. The predicted octanol–water partition coefficient (Wildman–Crippen LogP) is -0.596. The van der Waals surface area contributed by atoms with Crippen molar-refractivity contribution in [2.75, 3.05) is 11.5 Å². The Morgan fingerprint density at radius 2 is 1.15 bits per heavy atom. The van der Waals surface area contributed by atoms with Gasteiger partial charge in [0.2, 0.25) is 11.8 Å². The van der Waals surface area contributed by atoms with Crippen LogP contribution in [0.1, 0.15) is 51.4 Å². The summed E-state index contributed by atoms with van der Waals surface area (Å²) in [7, 11) is 0. The molecule has 1 unspecified atom stereocenters. The Kier molecular flexibility index (Phi) is 10.4. The topological polar surface area (TPSA) is 192 Å². The molecule has 4 aliphatic heterocycles. The van der Waals surface area contributed by atoms with Crippen molar-refractivity contribution in [1.29, 1.82) is 0 Å². The lowest BCUT2D eigenvalue weighted by Gasteiger charge is -2.16. The third-order valence-electron chi connectivity index (χ3n) is 6.48. The van der Waals surface area contributed by atoms with Crippen molar-refractivity contribution >= 4 is 47.4 Å². The molecule has 4 saturated heterocycles. The molecule has 4 heterocycles. The van der Waals surface area contributed by atoms with Gasteiger partial charge in [0.15, 0.2) is 0 Å². The number of nitrogens with two attached hydrogens (primary N) is 2. The van der Waals surface area contributed by atoms with Crippen molar-refractivity contribution in [1.82, 2.24) is 32.1 Å². The van der Waals surface area contributed by atoms with E-state index in [1.165, 1.54) is 0 Å². The van der Waals surface area contributed by atoms with Crippen LogP contribution in [0.15, 0.2) is 0 Å². The zero-order valence-corrected chi connectivity index (χ0v) is 20.8. The lowest BCUT2D eigenvalue weighted by Crippen LogP contribution is -2.36. The maximum Gasteiger partial charge on any atom is 0.315 e. The summed E-state index contributed by atoms with van der Waals surface area (Å²) in [6, 6.07) is 0.988. The molecular formula is C20H36N8O4S2. The molecule has 0 saturated carbocycles. The molecule has 6 amide bonds. The number of urea groups is 2. The van der Waals surface area contributed by atoms with E-state index in [1.807, 2.05) is 23.5 Å². The highest BCUT2D eigenvalue weighted by Gasteiger charge is 2.43. The van der Waals surface area contributed by atoms with E-state index in [2.05, 4.69) is 32.1 Å². The van der Waals surface area contributed by atoms with Gasteiger partial charge in [-0.15, -0.1) is 0 Å². The molecular weight excluding hydrogens is 480 g/mol. The number of hydrazine groups is 2. The number of amides is 6. The zero-order valence-electron chi connectivity index (χ0n) is 19.1. The standard InChI is InChI=1S/2C10H18N4O2S/c2*11-14-8(15)4-2-1-3-7-9-6(5-17-7)12-10(16)13-9/h2*6-7,9H,1-5,11H2,(H,14,15)(H2,12,13,16)/t6-,7?,9-;6-,7-,9-/m00/s1. The van der Waals surface area contributed by atoms with Crippen LogP contribution in [0.4, 0.5) is 9.59 Å². The monoisotopic (exact) mass is 516 g/mol. The van der Waals surface area contributed by atoms with Gasteiger partial charge in [0.25, 0.3) is 0 Å². The van der Waals surface area contributed by atoms with E-state index in [-0.39, 0.29) is 48.0 Å². The van der Waals surface area contributed by atoms with Gasteiger partial charge < -0.3 is 21.3 Å². The maximum atomic E-state index is 11.2. The van der Waals surface area contributed by atoms with Crippen LogP contribution in [0.2, 0.25) is 0 Å². The highest BCUT2D eigenvalue weighted by molar-refractivity contribution is 8.00. The van der Waals surface area contributed by atoms with E-state index in [1.54, 1.807) is 0 Å². The van der Waals surface area contributed by atoms with E-state index in [0.29, 0.717) is 23.3 Å². The Balaban J connectivity index is 0.000000191. The highest BCUT2D eigenvalue weighted by atomic mass is 32.2. The number of nitrogens with one attached hydrogen (secondary N) is 6. The number of carbonyl (C=O) groups excluding carboxylic acids is 4. The Labute approximate surface area is 207 Å². The Hall–Kier alpha value is -1.90. The molecule has 192 valence electrons. The van der Waals surface area contributed by atoms with Crippen molar-refractivity contribution in [3.8, 4) is 0 Å². The molecule has 14 heteroatoms. The van der Waals surface area contributed by atoms with Gasteiger partial charge in [0.1, 0.15) is 0 Å². The fourth-order valence-corrected chi connectivity index (χ4v) is 7.78. The average Bonchev–Trinajstić information content (AvgIpc) is 3.56. The first kappa shape index (κ1) is 26.7. The van der Waals surface area contributed by atoms with Crippen molar-refractivity contribution < 1.29 is 19.2 Å². The zero-order chi connectivity index (χ0) is 24.5. The van der Waals surface area contributed by atoms with Crippen molar-refractivity contribution in [3.63, 3.8) is 0 Å². The lowest BCUT2D eigenvalue weighted by molar-refractivity contribution is -0.122. The van der Waals surface area contributed by atoms with Gasteiger partial charge in [-0.25, -0.2) is 21.3 Å². The highest BCUT2D eigenvalue weighted by Crippen LogP contribution is 2.34. The number of hydrogen-bond acceptors (Lipinski definition) is 8. The molecule has 6 atom stereocenters. The minimum absolute atomic E-state index is 0.0483. The van der Waals surface area contributed by atoms with Gasteiger partial charge in [0.05, 0.1) is 24.2 Å². The smallest absolute Gasteiger partial charge is 0.315 e. The second-order valence-electron chi connectivity index (χ2n) is 8.87. The molecule has 0 radical (unpaired) electrons. The summed E-state index contributed by atoms with van der Waals surface area (Å²) in [6.45, 7) is 0. The van der Waals surface area contributed by atoms with E-state index in [4.69, 9.17) is 11.7 Å². The van der Waals surface area contributed by atoms with Crippen LogP contribution in [0.25, 0.3) is 0 Å². The number of hydrogen-bond donors (Lipinski definition) is 8. The van der Waals surface area contributed by atoms with Crippen molar-refractivity contribution in [2.45, 2.75) is 86.0 Å². The maximum absolute atomic E-state index is 11.2. The largest absolute Gasteiger partial charge is 0.332 e. The molecule has 4 rings (SSSR count). The number of unbranched alkanes of at least 4 members (excludes halogenated alkanes) is 2. The van der Waals surface area contributed by atoms with Gasteiger partial charge in [0, 0.05) is 34.8 Å². The average molecular weight is 517 g/mol. The molecule has 12 nitrogen and oxygen atoms in total. The van der Waals surface area contributed by atoms with Gasteiger partial charge >= 0.3 is 12.1 Å². The summed E-state index contributed by atoms with van der Waals surface area (Å²) in [6.07, 6.45) is 6.70. The molecule has 0 aromatic heterocycles. The van der Waals surface area contributed by atoms with Gasteiger partial charge in [-0.2, -0.15) is 23.5 Å². The molecule has 34 heavy (non-hydrogen) atoms. The minimum atomic E-state index is -0.113. The summed E-state index contributed by atoms with van der Waals surface area (Å²) in [4.78, 5) is 44.2. The number of rotatable bonds is 10.